The topological polar surface area (TPSA) is 26.0 Å². The largest absolute Gasteiger partial charge is 0.430 e. The molecule has 0 aliphatic carbocycles. The molecule has 0 rings (SSSR count). The van der Waals surface area contributed by atoms with Gasteiger partial charge in [-0.15, -0.1) is 0 Å². The van der Waals surface area contributed by atoms with Gasteiger partial charge in [-0.1, -0.05) is 25.7 Å². The van der Waals surface area contributed by atoms with Crippen molar-refractivity contribution in [2.75, 3.05) is 0 Å². The summed E-state index contributed by atoms with van der Waals surface area (Å²) in [7, 11) is 0. The second kappa shape index (κ2) is 4.74. The van der Waals surface area contributed by atoms with Crippen molar-refractivity contribution >= 4 is 0 Å². The van der Waals surface area contributed by atoms with Gasteiger partial charge in [-0.25, -0.2) is 0 Å². The molecular formula is C9H12F3N. The van der Waals surface area contributed by atoms with Gasteiger partial charge < -0.3 is 5.73 Å². The Hall–Kier alpha value is -1.19. The highest BCUT2D eigenvalue weighted by atomic mass is 19.4. The first-order valence-electron chi connectivity index (χ1n) is 3.77. The molecule has 1 nitrogen and oxygen atoms in total. The van der Waals surface area contributed by atoms with Crippen LogP contribution in [-0.2, 0) is 0 Å². The average Bonchev–Trinajstić information content (AvgIpc) is 2.04. The first-order valence-corrected chi connectivity index (χ1v) is 3.77. The minimum absolute atomic E-state index is 0.630. The summed E-state index contributed by atoms with van der Waals surface area (Å²) in [6, 6.07) is 0. The van der Waals surface area contributed by atoms with E-state index >= 15 is 0 Å². The van der Waals surface area contributed by atoms with Gasteiger partial charge >= 0.3 is 6.18 Å². The van der Waals surface area contributed by atoms with E-state index in [1.807, 2.05) is 6.92 Å². The van der Waals surface area contributed by atoms with E-state index in [2.05, 4.69) is 6.58 Å². The van der Waals surface area contributed by atoms with Gasteiger partial charge in [0.2, 0.25) is 0 Å². The predicted molar refractivity (Wildman–Crippen MR) is 46.9 cm³/mol. The van der Waals surface area contributed by atoms with Gasteiger partial charge in [0.25, 0.3) is 0 Å². The van der Waals surface area contributed by atoms with E-state index in [0.29, 0.717) is 12.0 Å². The van der Waals surface area contributed by atoms with Crippen LogP contribution in [0, 0.1) is 0 Å². The molecule has 0 bridgehead atoms. The lowest BCUT2D eigenvalue weighted by molar-refractivity contribution is -0.0926. The number of nitrogens with two attached hydrogens (primary N) is 1. The molecule has 0 fully saturated rings. The third-order valence-electron chi connectivity index (χ3n) is 1.47. The highest BCUT2D eigenvalue weighted by Crippen LogP contribution is 2.21. The van der Waals surface area contributed by atoms with Crippen LogP contribution in [0.25, 0.3) is 0 Å². The maximum atomic E-state index is 11.9. The van der Waals surface area contributed by atoms with Crippen molar-refractivity contribution in [1.29, 1.82) is 0 Å². The summed E-state index contributed by atoms with van der Waals surface area (Å²) in [4.78, 5) is 0. The molecule has 0 radical (unpaired) electrons. The SMILES string of the molecule is C=C/C(=C\C=C(/N)C(F)(F)F)CC. The summed E-state index contributed by atoms with van der Waals surface area (Å²) >= 11 is 0. The lowest BCUT2D eigenvalue weighted by atomic mass is 10.2. The standard InChI is InChI=1S/C9H12F3N/c1-3-7(4-2)5-6-8(13)9(10,11)12/h3,5-6H,1,4,13H2,2H3/b7-5+,8-6-. The summed E-state index contributed by atoms with van der Waals surface area (Å²) in [5.41, 5.74) is 4.38. The van der Waals surface area contributed by atoms with Crippen LogP contribution < -0.4 is 5.73 Å². The Labute approximate surface area is 75.4 Å². The number of alkyl halides is 3. The third-order valence-corrected chi connectivity index (χ3v) is 1.47. The molecule has 0 spiro atoms. The van der Waals surface area contributed by atoms with Gasteiger partial charge in [0, 0.05) is 0 Å². The minimum Gasteiger partial charge on any atom is -0.395 e. The Bertz CT molecular complexity index is 236. The minimum atomic E-state index is -4.45. The van der Waals surface area contributed by atoms with Crippen LogP contribution in [0.1, 0.15) is 13.3 Å². The first-order chi connectivity index (χ1) is 5.91. The number of rotatable bonds is 3. The molecule has 0 heterocycles. The Morgan fingerprint density at radius 1 is 1.38 bits per heavy atom. The van der Waals surface area contributed by atoms with Crippen LogP contribution in [0.3, 0.4) is 0 Å². The zero-order valence-corrected chi connectivity index (χ0v) is 7.36. The maximum Gasteiger partial charge on any atom is 0.430 e. The Morgan fingerprint density at radius 3 is 2.23 bits per heavy atom. The molecule has 13 heavy (non-hydrogen) atoms. The van der Waals surface area contributed by atoms with E-state index < -0.39 is 11.9 Å². The molecule has 0 aliphatic rings. The van der Waals surface area contributed by atoms with E-state index in [9.17, 15) is 13.2 Å². The van der Waals surface area contributed by atoms with Gasteiger partial charge in [-0.05, 0) is 18.1 Å². The van der Waals surface area contributed by atoms with Gasteiger partial charge in [0.15, 0.2) is 0 Å². The lowest BCUT2D eigenvalue weighted by Crippen LogP contribution is -2.18. The Kier molecular flexibility index (Phi) is 4.31. The zero-order chi connectivity index (χ0) is 10.5. The molecule has 0 atom stereocenters. The Morgan fingerprint density at radius 2 is 1.92 bits per heavy atom. The van der Waals surface area contributed by atoms with Crippen LogP contribution in [0.2, 0.25) is 0 Å². The summed E-state index contributed by atoms with van der Waals surface area (Å²) in [5.74, 6) is 0. The molecule has 0 aromatic rings. The summed E-state index contributed by atoms with van der Waals surface area (Å²) in [6.07, 6.45) is -0.155. The monoisotopic (exact) mass is 191 g/mol. The van der Waals surface area contributed by atoms with Crippen molar-refractivity contribution in [1.82, 2.24) is 0 Å². The van der Waals surface area contributed by atoms with E-state index in [4.69, 9.17) is 5.73 Å². The maximum absolute atomic E-state index is 11.9. The number of hydrogen-bond acceptors (Lipinski definition) is 1. The highest BCUT2D eigenvalue weighted by molar-refractivity contribution is 5.24. The smallest absolute Gasteiger partial charge is 0.395 e. The summed E-state index contributed by atoms with van der Waals surface area (Å²) in [5, 5.41) is 0. The fraction of sp³-hybridized carbons (Fsp3) is 0.333. The zero-order valence-electron chi connectivity index (χ0n) is 7.36. The third kappa shape index (κ3) is 4.40. The fourth-order valence-electron chi connectivity index (χ4n) is 0.622. The van der Waals surface area contributed by atoms with Crippen molar-refractivity contribution in [3.63, 3.8) is 0 Å². The van der Waals surface area contributed by atoms with E-state index in [1.54, 1.807) is 0 Å². The van der Waals surface area contributed by atoms with Crippen molar-refractivity contribution in [2.24, 2.45) is 5.73 Å². The molecule has 0 unspecified atom stereocenters. The van der Waals surface area contributed by atoms with Crippen LogP contribution >= 0.6 is 0 Å². The lowest BCUT2D eigenvalue weighted by Gasteiger charge is -2.04. The van der Waals surface area contributed by atoms with Gasteiger partial charge in [0.1, 0.15) is 5.70 Å². The molecule has 2 N–H and O–H groups in total. The molecule has 4 heteroatoms. The molecule has 0 saturated heterocycles. The number of hydrogen-bond donors (Lipinski definition) is 1. The van der Waals surface area contributed by atoms with Crippen molar-refractivity contribution in [2.45, 2.75) is 19.5 Å². The second-order valence-corrected chi connectivity index (χ2v) is 2.42. The predicted octanol–water partition coefficient (Wildman–Crippen LogP) is 2.91. The van der Waals surface area contributed by atoms with E-state index in [-0.39, 0.29) is 0 Å². The second-order valence-electron chi connectivity index (χ2n) is 2.42. The van der Waals surface area contributed by atoms with Gasteiger partial charge in [-0.2, -0.15) is 13.2 Å². The van der Waals surface area contributed by atoms with Gasteiger partial charge in [0.05, 0.1) is 0 Å². The molecule has 0 aromatic carbocycles. The average molecular weight is 191 g/mol. The normalized spacial score (nSPS) is 14.5. The Balaban J connectivity index is 4.58. The molecule has 0 amide bonds. The first kappa shape index (κ1) is 11.8. The van der Waals surface area contributed by atoms with Gasteiger partial charge in [-0.3, -0.25) is 0 Å². The van der Waals surface area contributed by atoms with E-state index in [0.717, 1.165) is 6.08 Å². The summed E-state index contributed by atoms with van der Waals surface area (Å²) < 4.78 is 35.6. The fourth-order valence-corrected chi connectivity index (χ4v) is 0.622. The molecular weight excluding hydrogens is 179 g/mol. The molecule has 0 saturated carbocycles. The van der Waals surface area contributed by atoms with Crippen molar-refractivity contribution in [3.05, 3.63) is 36.1 Å². The van der Waals surface area contributed by atoms with Crippen LogP contribution in [0.5, 0.6) is 0 Å². The van der Waals surface area contributed by atoms with E-state index in [1.165, 1.54) is 12.2 Å². The van der Waals surface area contributed by atoms with Crippen LogP contribution in [0.4, 0.5) is 13.2 Å². The number of halogens is 3. The summed E-state index contributed by atoms with van der Waals surface area (Å²) in [6.45, 7) is 5.28. The van der Waals surface area contributed by atoms with Crippen molar-refractivity contribution < 1.29 is 13.2 Å². The van der Waals surface area contributed by atoms with Crippen LogP contribution in [0.15, 0.2) is 36.1 Å². The number of allylic oxidation sites excluding steroid dienone is 5. The quantitative estimate of drug-likeness (QED) is 0.682. The van der Waals surface area contributed by atoms with Crippen LogP contribution in [-0.4, -0.2) is 6.18 Å². The molecule has 74 valence electrons. The highest BCUT2D eigenvalue weighted by Gasteiger charge is 2.30. The van der Waals surface area contributed by atoms with Crippen molar-refractivity contribution in [3.8, 4) is 0 Å². The molecule has 0 aromatic heterocycles. The molecule has 0 aliphatic heterocycles.